The van der Waals surface area contributed by atoms with E-state index in [-0.39, 0.29) is 22.3 Å². The van der Waals surface area contributed by atoms with Crippen molar-refractivity contribution in [2.45, 2.75) is 30.7 Å². The number of nitrogens with zero attached hydrogens (tertiary/aromatic N) is 3. The molecule has 1 amide bonds. The van der Waals surface area contributed by atoms with Crippen molar-refractivity contribution < 1.29 is 18.1 Å². The molecule has 1 saturated heterocycles. The van der Waals surface area contributed by atoms with Crippen molar-refractivity contribution in [3.05, 3.63) is 94.5 Å². The van der Waals surface area contributed by atoms with Gasteiger partial charge in [-0.25, -0.2) is 8.42 Å². The molecule has 0 spiro atoms. The fraction of sp³-hybridized carbons (Fsp3) is 0.269. The average molecular weight is 509 g/mol. The van der Waals surface area contributed by atoms with Gasteiger partial charge in [-0.15, -0.1) is 0 Å². The third kappa shape index (κ3) is 5.65. The number of non-ortho nitro benzene ring substituents is 1. The lowest BCUT2D eigenvalue weighted by Gasteiger charge is -2.25. The van der Waals surface area contributed by atoms with Crippen LogP contribution in [0.15, 0.2) is 83.8 Å². The third-order valence-corrected chi connectivity index (χ3v) is 8.00. The molecule has 188 valence electrons. The minimum absolute atomic E-state index is 0.0155. The van der Waals surface area contributed by atoms with Gasteiger partial charge in [-0.1, -0.05) is 30.3 Å². The van der Waals surface area contributed by atoms with E-state index >= 15 is 0 Å². The summed E-state index contributed by atoms with van der Waals surface area (Å²) in [5, 5.41) is 13.9. The predicted molar refractivity (Wildman–Crippen MR) is 139 cm³/mol. The van der Waals surface area contributed by atoms with Crippen molar-refractivity contribution in [2.75, 3.05) is 28.8 Å². The molecule has 3 aromatic rings. The second kappa shape index (κ2) is 10.8. The van der Waals surface area contributed by atoms with E-state index in [9.17, 15) is 23.3 Å². The number of nitro benzene ring substituents is 1. The van der Waals surface area contributed by atoms with E-state index in [0.29, 0.717) is 0 Å². The van der Waals surface area contributed by atoms with Gasteiger partial charge in [0.05, 0.1) is 21.5 Å². The van der Waals surface area contributed by atoms with Crippen molar-refractivity contribution in [3.63, 3.8) is 0 Å². The van der Waals surface area contributed by atoms with E-state index in [1.165, 1.54) is 49.2 Å². The smallest absolute Gasteiger partial charge is 0.269 e. The van der Waals surface area contributed by atoms with Gasteiger partial charge in [0.1, 0.15) is 6.54 Å². The van der Waals surface area contributed by atoms with Crippen molar-refractivity contribution in [1.82, 2.24) is 5.32 Å². The second-order valence-corrected chi connectivity index (χ2v) is 10.5. The number of carbonyl (C=O) groups excluding carboxylic acids is 1. The number of nitrogens with one attached hydrogen (secondary N) is 1. The normalized spacial score (nSPS) is 14.3. The van der Waals surface area contributed by atoms with Gasteiger partial charge >= 0.3 is 0 Å². The fourth-order valence-corrected chi connectivity index (χ4v) is 5.67. The lowest BCUT2D eigenvalue weighted by molar-refractivity contribution is -0.384. The summed E-state index contributed by atoms with van der Waals surface area (Å²) in [7, 11) is -4.10. The monoisotopic (exact) mass is 508 g/mol. The van der Waals surface area contributed by atoms with Crippen molar-refractivity contribution in [3.8, 4) is 0 Å². The molecular formula is C26H28N4O5S. The maximum Gasteiger partial charge on any atom is 0.269 e. The Morgan fingerprint density at radius 1 is 1.00 bits per heavy atom. The quantitative estimate of drug-likeness (QED) is 0.341. The Morgan fingerprint density at radius 3 is 2.19 bits per heavy atom. The highest BCUT2D eigenvalue weighted by Crippen LogP contribution is 2.26. The van der Waals surface area contributed by atoms with Crippen LogP contribution in [-0.4, -0.2) is 38.9 Å². The first-order chi connectivity index (χ1) is 17.3. The molecule has 1 N–H and O–H groups in total. The summed E-state index contributed by atoms with van der Waals surface area (Å²) < 4.78 is 27.8. The number of anilines is 2. The number of nitro groups is 1. The van der Waals surface area contributed by atoms with E-state index < -0.39 is 27.4 Å². The van der Waals surface area contributed by atoms with Gasteiger partial charge in [0.25, 0.3) is 15.7 Å². The van der Waals surface area contributed by atoms with Crippen LogP contribution in [0.5, 0.6) is 0 Å². The van der Waals surface area contributed by atoms with Crippen LogP contribution in [0.3, 0.4) is 0 Å². The summed E-state index contributed by atoms with van der Waals surface area (Å²) in [5.41, 5.74) is 2.03. The molecule has 4 rings (SSSR count). The highest BCUT2D eigenvalue weighted by atomic mass is 32.2. The topological polar surface area (TPSA) is 113 Å². The van der Waals surface area contributed by atoms with E-state index in [0.717, 1.165) is 28.6 Å². The number of rotatable bonds is 9. The Balaban J connectivity index is 1.53. The number of hydrogen-bond donors (Lipinski definition) is 1. The Labute approximate surface area is 210 Å². The maximum atomic E-state index is 13.4. The SMILES string of the molecule is CC(NC(=O)CN(c1ccc([N+](=O)[O-])cc1)S(=O)(=O)c1ccccc1)c1ccc(N2CCCC2)cc1. The van der Waals surface area contributed by atoms with E-state index in [4.69, 9.17) is 0 Å². The van der Waals surface area contributed by atoms with Crippen molar-refractivity contribution >= 4 is 33.0 Å². The number of carbonyl (C=O) groups is 1. The first-order valence-corrected chi connectivity index (χ1v) is 13.2. The highest BCUT2D eigenvalue weighted by molar-refractivity contribution is 7.92. The number of hydrogen-bond acceptors (Lipinski definition) is 6. The minimum Gasteiger partial charge on any atom is -0.372 e. The van der Waals surface area contributed by atoms with Crippen LogP contribution in [0, 0.1) is 10.1 Å². The molecule has 0 radical (unpaired) electrons. The Bertz CT molecular complexity index is 1310. The number of sulfonamides is 1. The summed E-state index contributed by atoms with van der Waals surface area (Å²) in [6.45, 7) is 3.44. The summed E-state index contributed by atoms with van der Waals surface area (Å²) in [4.78, 5) is 25.8. The zero-order valence-corrected chi connectivity index (χ0v) is 20.7. The molecule has 1 unspecified atom stereocenters. The Kier molecular flexibility index (Phi) is 7.54. The molecular weight excluding hydrogens is 480 g/mol. The molecule has 3 aromatic carbocycles. The van der Waals surface area contributed by atoms with Gasteiger partial charge < -0.3 is 10.2 Å². The zero-order valence-electron chi connectivity index (χ0n) is 19.9. The number of benzene rings is 3. The maximum absolute atomic E-state index is 13.4. The standard InChI is InChI=1S/C26H28N4O5S/c1-20(21-9-11-22(12-10-21)28-17-5-6-18-28)27-26(31)19-29(23-13-15-24(16-14-23)30(32)33)36(34,35)25-7-3-2-4-8-25/h2-4,7-16,20H,5-6,17-19H2,1H3,(H,27,31). The summed E-state index contributed by atoms with van der Waals surface area (Å²) >= 11 is 0. The third-order valence-electron chi connectivity index (χ3n) is 6.21. The van der Waals surface area contributed by atoms with E-state index in [1.807, 2.05) is 31.2 Å². The minimum atomic E-state index is -4.10. The highest BCUT2D eigenvalue weighted by Gasteiger charge is 2.28. The van der Waals surface area contributed by atoms with Gasteiger partial charge in [-0.3, -0.25) is 19.2 Å². The van der Waals surface area contributed by atoms with Gasteiger partial charge in [-0.2, -0.15) is 0 Å². The molecule has 10 heteroatoms. The molecule has 0 bridgehead atoms. The van der Waals surface area contributed by atoms with E-state index in [2.05, 4.69) is 10.2 Å². The molecule has 36 heavy (non-hydrogen) atoms. The first-order valence-electron chi connectivity index (χ1n) is 11.7. The first kappa shape index (κ1) is 25.2. The molecule has 0 aliphatic carbocycles. The molecule has 1 aliphatic heterocycles. The Morgan fingerprint density at radius 2 is 1.61 bits per heavy atom. The lowest BCUT2D eigenvalue weighted by atomic mass is 10.1. The molecule has 1 heterocycles. The molecule has 1 fully saturated rings. The molecule has 1 atom stereocenters. The van der Waals surface area contributed by atoms with E-state index in [1.54, 1.807) is 18.2 Å². The van der Waals surface area contributed by atoms with Crippen LogP contribution in [0.1, 0.15) is 31.4 Å². The molecule has 9 nitrogen and oxygen atoms in total. The second-order valence-electron chi connectivity index (χ2n) is 8.67. The van der Waals surface area contributed by atoms with Crippen LogP contribution in [0.4, 0.5) is 17.1 Å². The van der Waals surface area contributed by atoms with Gasteiger partial charge in [0.2, 0.25) is 5.91 Å². The van der Waals surface area contributed by atoms with Crippen LogP contribution in [-0.2, 0) is 14.8 Å². The van der Waals surface area contributed by atoms with Crippen LogP contribution < -0.4 is 14.5 Å². The van der Waals surface area contributed by atoms with Gasteiger partial charge in [0, 0.05) is 30.9 Å². The summed E-state index contributed by atoms with van der Waals surface area (Å²) in [6, 6.07) is 20.5. The van der Waals surface area contributed by atoms with Gasteiger partial charge in [0.15, 0.2) is 0 Å². The summed E-state index contributed by atoms with van der Waals surface area (Å²) in [6.07, 6.45) is 2.37. The van der Waals surface area contributed by atoms with Crippen LogP contribution >= 0.6 is 0 Å². The van der Waals surface area contributed by atoms with Crippen LogP contribution in [0.25, 0.3) is 0 Å². The molecule has 0 saturated carbocycles. The molecule has 0 aromatic heterocycles. The van der Waals surface area contributed by atoms with Gasteiger partial charge in [-0.05, 0) is 61.7 Å². The Hall–Kier alpha value is -3.92. The molecule has 1 aliphatic rings. The van der Waals surface area contributed by atoms with Crippen molar-refractivity contribution in [1.29, 1.82) is 0 Å². The average Bonchev–Trinajstić information content (AvgIpc) is 3.43. The largest absolute Gasteiger partial charge is 0.372 e. The lowest BCUT2D eigenvalue weighted by Crippen LogP contribution is -2.41. The predicted octanol–water partition coefficient (Wildman–Crippen LogP) is 4.27. The summed E-state index contributed by atoms with van der Waals surface area (Å²) in [5.74, 6) is -0.496. The zero-order chi connectivity index (χ0) is 25.7. The number of amides is 1. The van der Waals surface area contributed by atoms with Crippen LogP contribution in [0.2, 0.25) is 0 Å². The van der Waals surface area contributed by atoms with Crippen molar-refractivity contribution in [2.24, 2.45) is 0 Å². The fourth-order valence-electron chi connectivity index (χ4n) is 4.23.